The van der Waals surface area contributed by atoms with Gasteiger partial charge in [0.2, 0.25) is 23.9 Å². The molecular weight excluding hydrogens is 637 g/mol. The van der Waals surface area contributed by atoms with Crippen LogP contribution in [0.4, 0.5) is 14.9 Å². The van der Waals surface area contributed by atoms with Crippen molar-refractivity contribution in [3.05, 3.63) is 30.0 Å². The van der Waals surface area contributed by atoms with E-state index in [1.165, 1.54) is 13.0 Å². The van der Waals surface area contributed by atoms with Gasteiger partial charge in [-0.25, -0.2) is 14.0 Å². The SMILES string of the molecule is COC1CCC([C@@H]2CCN(C(=O)[C@H]3CC[C@H]([C@H](N)CF)CC3)[C@@H]2C(=O)Nc2ccc3oc(C(=O)OC(C)OC(=O)OC(C)C)cc3c2)CC1. The molecule has 0 spiro atoms. The van der Waals surface area contributed by atoms with Crippen LogP contribution in [0.1, 0.15) is 89.1 Å². The summed E-state index contributed by atoms with van der Waals surface area (Å²) in [6.07, 6.45) is 4.81. The van der Waals surface area contributed by atoms with Crippen molar-refractivity contribution < 1.29 is 46.9 Å². The first kappa shape index (κ1) is 36.6. The molecule has 1 unspecified atom stereocenters. The standard InChI is InChI=1S/C36H50FN3O9/c1-20(2)46-36(44)48-21(3)47-35(43)31-18-25-17-26(11-14-30(25)49-31)39-33(41)32-28(22-9-12-27(45-4)13-10-22)15-16-40(32)34(42)24-7-5-23(6-8-24)29(38)19-37/h11,14,17-18,20-24,27-29,32H,5-10,12-13,15-16,19,38H2,1-4H3,(H,39,41)/t21?,22?,23-,24-,27?,28-,29+,32-/m0/s1. The summed E-state index contributed by atoms with van der Waals surface area (Å²) in [4.78, 5) is 54.4. The van der Waals surface area contributed by atoms with Crippen LogP contribution >= 0.6 is 0 Å². The number of likely N-dealkylation sites (tertiary alicyclic amines) is 1. The molecule has 3 aliphatic rings. The van der Waals surface area contributed by atoms with Crippen molar-refractivity contribution in [2.45, 2.75) is 109 Å². The molecule has 13 heteroatoms. The highest BCUT2D eigenvalue weighted by molar-refractivity contribution is 6.00. The first-order chi connectivity index (χ1) is 23.5. The molecule has 270 valence electrons. The third kappa shape index (κ3) is 8.91. The van der Waals surface area contributed by atoms with Crippen LogP contribution in [-0.4, -0.2) is 79.7 Å². The number of halogens is 1. The number of carbonyl (C=O) groups excluding carboxylic acids is 4. The summed E-state index contributed by atoms with van der Waals surface area (Å²) in [5.74, 6) is -1.03. The first-order valence-electron chi connectivity index (χ1n) is 17.5. The summed E-state index contributed by atoms with van der Waals surface area (Å²) in [6.45, 7) is 4.67. The van der Waals surface area contributed by atoms with Crippen LogP contribution in [0, 0.1) is 23.7 Å². The summed E-state index contributed by atoms with van der Waals surface area (Å²) in [6, 6.07) is 5.38. The number of alkyl halides is 1. The molecule has 0 bridgehead atoms. The Morgan fingerprint density at radius 3 is 2.33 bits per heavy atom. The van der Waals surface area contributed by atoms with Gasteiger partial charge in [-0.15, -0.1) is 0 Å². The van der Waals surface area contributed by atoms with Crippen LogP contribution in [-0.2, 0) is 28.5 Å². The summed E-state index contributed by atoms with van der Waals surface area (Å²) in [5.41, 5.74) is 6.85. The second-order valence-corrected chi connectivity index (χ2v) is 14.0. The van der Waals surface area contributed by atoms with Crippen molar-refractivity contribution in [2.24, 2.45) is 29.4 Å². The lowest BCUT2D eigenvalue weighted by molar-refractivity contribution is -0.142. The van der Waals surface area contributed by atoms with Gasteiger partial charge in [0.1, 0.15) is 18.3 Å². The van der Waals surface area contributed by atoms with Crippen molar-refractivity contribution in [3.8, 4) is 0 Å². The average Bonchev–Trinajstić information content (AvgIpc) is 3.72. The molecule has 2 heterocycles. The minimum Gasteiger partial charge on any atom is -0.449 e. The Morgan fingerprint density at radius 1 is 0.959 bits per heavy atom. The highest BCUT2D eigenvalue weighted by Crippen LogP contribution is 2.42. The second kappa shape index (κ2) is 16.3. The smallest absolute Gasteiger partial charge is 0.449 e. The molecule has 12 nitrogen and oxygen atoms in total. The highest BCUT2D eigenvalue weighted by atomic mass is 19.1. The zero-order valence-corrected chi connectivity index (χ0v) is 28.9. The monoisotopic (exact) mass is 687 g/mol. The van der Waals surface area contributed by atoms with E-state index in [1.54, 1.807) is 44.1 Å². The van der Waals surface area contributed by atoms with Gasteiger partial charge in [0, 0.05) is 43.6 Å². The number of hydrogen-bond donors (Lipinski definition) is 2. The fraction of sp³-hybridized carbons (Fsp3) is 0.667. The predicted octanol–water partition coefficient (Wildman–Crippen LogP) is 5.96. The lowest BCUT2D eigenvalue weighted by Gasteiger charge is -2.37. The minimum atomic E-state index is -1.21. The second-order valence-electron chi connectivity index (χ2n) is 14.0. The van der Waals surface area contributed by atoms with Gasteiger partial charge in [-0.05, 0) is 114 Å². The molecule has 4 atom stereocenters. The number of carbonyl (C=O) groups is 4. The van der Waals surface area contributed by atoms with Gasteiger partial charge in [-0.1, -0.05) is 0 Å². The molecular formula is C36H50FN3O9. The normalized spacial score (nSPS) is 27.0. The Hall–Kier alpha value is -3.71. The first-order valence-corrected chi connectivity index (χ1v) is 17.5. The fourth-order valence-corrected chi connectivity index (χ4v) is 7.83. The number of fused-ring (bicyclic) bond motifs is 1. The fourth-order valence-electron chi connectivity index (χ4n) is 7.83. The molecule has 1 aromatic heterocycles. The highest BCUT2D eigenvalue weighted by Gasteiger charge is 2.47. The number of ether oxygens (including phenoxy) is 4. The lowest BCUT2D eigenvalue weighted by atomic mass is 9.75. The van der Waals surface area contributed by atoms with Crippen molar-refractivity contribution in [1.29, 1.82) is 0 Å². The number of nitrogens with one attached hydrogen (secondary N) is 1. The van der Waals surface area contributed by atoms with Crippen molar-refractivity contribution in [3.63, 3.8) is 0 Å². The van der Waals surface area contributed by atoms with Gasteiger partial charge in [0.25, 0.3) is 0 Å². The molecule has 1 saturated heterocycles. The topological polar surface area (TPSA) is 160 Å². The van der Waals surface area contributed by atoms with Crippen molar-refractivity contribution in [2.75, 3.05) is 25.6 Å². The van der Waals surface area contributed by atoms with E-state index in [2.05, 4.69) is 5.32 Å². The number of amides is 2. The van der Waals surface area contributed by atoms with Crippen LogP contribution in [0.2, 0.25) is 0 Å². The van der Waals surface area contributed by atoms with Crippen LogP contribution in [0.25, 0.3) is 11.0 Å². The number of anilines is 1. The Kier molecular flexibility index (Phi) is 12.2. The molecule has 5 rings (SSSR count). The zero-order chi connectivity index (χ0) is 35.2. The average molecular weight is 688 g/mol. The molecule has 3 fully saturated rings. The van der Waals surface area contributed by atoms with E-state index in [0.29, 0.717) is 54.8 Å². The van der Waals surface area contributed by atoms with Crippen molar-refractivity contribution >= 4 is 40.6 Å². The van der Waals surface area contributed by atoms with E-state index < -0.39 is 43.3 Å². The van der Waals surface area contributed by atoms with E-state index in [1.807, 2.05) is 0 Å². The molecule has 2 aromatic rings. The number of furan rings is 1. The Labute approximate surface area is 286 Å². The number of benzene rings is 1. The van der Waals surface area contributed by atoms with Crippen LogP contribution in [0.15, 0.2) is 28.7 Å². The maximum absolute atomic E-state index is 14.2. The molecule has 1 aromatic carbocycles. The number of esters is 1. The summed E-state index contributed by atoms with van der Waals surface area (Å²) in [5, 5.41) is 3.60. The maximum atomic E-state index is 14.2. The van der Waals surface area contributed by atoms with Gasteiger partial charge in [0.15, 0.2) is 0 Å². The van der Waals surface area contributed by atoms with E-state index >= 15 is 0 Å². The zero-order valence-electron chi connectivity index (χ0n) is 28.9. The van der Waals surface area contributed by atoms with Gasteiger partial charge in [-0.2, -0.15) is 0 Å². The Bertz CT molecular complexity index is 1460. The van der Waals surface area contributed by atoms with E-state index in [4.69, 9.17) is 29.1 Å². The molecule has 1 aliphatic heterocycles. The van der Waals surface area contributed by atoms with Crippen LogP contribution in [0.5, 0.6) is 0 Å². The van der Waals surface area contributed by atoms with Crippen LogP contribution < -0.4 is 11.1 Å². The van der Waals surface area contributed by atoms with E-state index in [-0.39, 0.29) is 41.4 Å². The van der Waals surface area contributed by atoms with E-state index in [0.717, 1.165) is 32.1 Å². The van der Waals surface area contributed by atoms with Gasteiger partial charge < -0.3 is 39.3 Å². The predicted molar refractivity (Wildman–Crippen MR) is 178 cm³/mol. The summed E-state index contributed by atoms with van der Waals surface area (Å²) in [7, 11) is 1.73. The lowest BCUT2D eigenvalue weighted by Crippen LogP contribution is -2.50. The van der Waals surface area contributed by atoms with Gasteiger partial charge in [-0.3, -0.25) is 9.59 Å². The molecule has 2 amide bonds. The third-order valence-electron chi connectivity index (χ3n) is 10.4. The minimum absolute atomic E-state index is 0.00962. The number of nitrogens with zero attached hydrogens (tertiary/aromatic N) is 1. The summed E-state index contributed by atoms with van der Waals surface area (Å²) >= 11 is 0. The Balaban J connectivity index is 1.28. The quantitative estimate of drug-likeness (QED) is 0.213. The van der Waals surface area contributed by atoms with Crippen molar-refractivity contribution in [1.82, 2.24) is 4.90 Å². The van der Waals surface area contributed by atoms with Crippen LogP contribution in [0.3, 0.4) is 0 Å². The molecule has 2 aliphatic carbocycles. The van der Waals surface area contributed by atoms with Gasteiger partial charge in [0.05, 0.1) is 12.2 Å². The third-order valence-corrected chi connectivity index (χ3v) is 10.4. The maximum Gasteiger partial charge on any atom is 0.511 e. The molecule has 2 saturated carbocycles. The number of rotatable bonds is 11. The molecule has 49 heavy (non-hydrogen) atoms. The van der Waals surface area contributed by atoms with E-state index in [9.17, 15) is 23.6 Å². The van der Waals surface area contributed by atoms with Gasteiger partial charge >= 0.3 is 12.1 Å². The Morgan fingerprint density at radius 2 is 1.67 bits per heavy atom. The number of methoxy groups -OCH3 is 1. The number of nitrogens with two attached hydrogens (primary N) is 1. The molecule has 0 radical (unpaired) electrons. The molecule has 3 N–H and O–H groups in total. The largest absolute Gasteiger partial charge is 0.511 e. The summed E-state index contributed by atoms with van der Waals surface area (Å²) < 4.78 is 39.5. The number of hydrogen-bond acceptors (Lipinski definition) is 10.